The Balaban J connectivity index is 1.90. The quantitative estimate of drug-likeness (QED) is 0.617. The summed E-state index contributed by atoms with van der Waals surface area (Å²) in [5.41, 5.74) is -0.240. The highest BCUT2D eigenvalue weighted by molar-refractivity contribution is 5.42. The first kappa shape index (κ1) is 20.8. The molecule has 0 amide bonds. The lowest BCUT2D eigenvalue weighted by Gasteiger charge is -2.40. The summed E-state index contributed by atoms with van der Waals surface area (Å²) < 4.78 is 24.8. The third-order valence-electron chi connectivity index (χ3n) is 5.51. The molecule has 2 aromatic carbocycles. The molecular formula is C23H30FNO3. The van der Waals surface area contributed by atoms with Crippen molar-refractivity contribution in [2.45, 2.75) is 37.7 Å². The number of nitrogens with one attached hydrogen (secondary N) is 1. The summed E-state index contributed by atoms with van der Waals surface area (Å²) in [5.74, 6) is 0.756. The van der Waals surface area contributed by atoms with Gasteiger partial charge in [-0.15, -0.1) is 0 Å². The number of ether oxygens (including phenoxy) is 2. The van der Waals surface area contributed by atoms with Crippen molar-refractivity contribution in [1.29, 1.82) is 0 Å². The zero-order valence-corrected chi connectivity index (χ0v) is 16.5. The largest absolute Gasteiger partial charge is 0.457 e. The summed E-state index contributed by atoms with van der Waals surface area (Å²) in [6.45, 7) is 2.44. The number of piperidine rings is 1. The molecule has 152 valence electrons. The van der Waals surface area contributed by atoms with Crippen LogP contribution in [0.5, 0.6) is 11.5 Å². The monoisotopic (exact) mass is 387 g/mol. The summed E-state index contributed by atoms with van der Waals surface area (Å²) in [6, 6.07) is 13.7. The number of benzene rings is 2. The fourth-order valence-electron chi connectivity index (χ4n) is 4.03. The van der Waals surface area contributed by atoms with Crippen molar-refractivity contribution in [2.24, 2.45) is 5.92 Å². The van der Waals surface area contributed by atoms with Crippen molar-refractivity contribution in [1.82, 2.24) is 5.32 Å². The summed E-state index contributed by atoms with van der Waals surface area (Å²) in [5, 5.41) is 15.3. The van der Waals surface area contributed by atoms with Crippen LogP contribution in [0, 0.1) is 11.7 Å². The predicted octanol–water partition coefficient (Wildman–Crippen LogP) is 4.62. The molecule has 2 aromatic rings. The van der Waals surface area contributed by atoms with E-state index in [0.717, 1.165) is 44.3 Å². The molecule has 1 heterocycles. The van der Waals surface area contributed by atoms with Gasteiger partial charge in [-0.2, -0.15) is 0 Å². The van der Waals surface area contributed by atoms with Gasteiger partial charge in [-0.3, -0.25) is 0 Å². The Morgan fingerprint density at radius 1 is 1.18 bits per heavy atom. The maximum atomic E-state index is 13.6. The molecule has 0 aromatic heterocycles. The van der Waals surface area contributed by atoms with E-state index in [-0.39, 0.29) is 11.7 Å². The van der Waals surface area contributed by atoms with E-state index in [1.807, 2.05) is 24.3 Å². The van der Waals surface area contributed by atoms with E-state index < -0.39 is 5.60 Å². The van der Waals surface area contributed by atoms with Crippen LogP contribution in [0.2, 0.25) is 0 Å². The zero-order valence-electron chi connectivity index (χ0n) is 16.5. The second-order valence-electron chi connectivity index (χ2n) is 7.47. The summed E-state index contributed by atoms with van der Waals surface area (Å²) in [4.78, 5) is 0. The molecule has 3 rings (SSSR count). The lowest BCUT2D eigenvalue weighted by molar-refractivity contribution is -0.0446. The number of methoxy groups -OCH3 is 1. The van der Waals surface area contributed by atoms with Crippen molar-refractivity contribution in [3.63, 3.8) is 0 Å². The van der Waals surface area contributed by atoms with Crippen LogP contribution in [0.15, 0.2) is 48.5 Å². The van der Waals surface area contributed by atoms with Crippen LogP contribution in [0.25, 0.3) is 0 Å². The van der Waals surface area contributed by atoms with E-state index in [4.69, 9.17) is 9.47 Å². The van der Waals surface area contributed by atoms with Crippen molar-refractivity contribution < 1.29 is 19.0 Å². The average molecular weight is 387 g/mol. The lowest BCUT2D eigenvalue weighted by Crippen LogP contribution is -2.44. The number of halogens is 1. The van der Waals surface area contributed by atoms with Crippen molar-refractivity contribution >= 4 is 0 Å². The molecule has 0 unspecified atom stereocenters. The highest BCUT2D eigenvalue weighted by Crippen LogP contribution is 2.43. The van der Waals surface area contributed by atoms with Gasteiger partial charge < -0.3 is 19.9 Å². The fraction of sp³-hybridized carbons (Fsp3) is 0.478. The zero-order chi connectivity index (χ0) is 19.8. The highest BCUT2D eigenvalue weighted by atomic mass is 19.1. The third-order valence-corrected chi connectivity index (χ3v) is 5.51. The molecule has 0 aliphatic carbocycles. The maximum absolute atomic E-state index is 13.6. The van der Waals surface area contributed by atoms with Gasteiger partial charge in [0.2, 0.25) is 0 Å². The third kappa shape index (κ3) is 5.10. The molecule has 0 saturated carbocycles. The van der Waals surface area contributed by atoms with Crippen molar-refractivity contribution in [2.75, 3.05) is 26.8 Å². The first-order valence-electron chi connectivity index (χ1n) is 10.1. The molecule has 0 radical (unpaired) electrons. The number of para-hydroxylation sites is 1. The highest BCUT2D eigenvalue weighted by Gasteiger charge is 2.40. The van der Waals surface area contributed by atoms with Gasteiger partial charge in [0.1, 0.15) is 17.3 Å². The smallest absolute Gasteiger partial charge is 0.133 e. The molecule has 28 heavy (non-hydrogen) atoms. The Bertz CT molecular complexity index is 748. The summed E-state index contributed by atoms with van der Waals surface area (Å²) in [7, 11) is 1.69. The first-order valence-corrected chi connectivity index (χ1v) is 10.1. The molecule has 1 saturated heterocycles. The van der Waals surface area contributed by atoms with Gasteiger partial charge in [0.25, 0.3) is 0 Å². The van der Waals surface area contributed by atoms with Crippen LogP contribution >= 0.6 is 0 Å². The Morgan fingerprint density at radius 3 is 2.79 bits per heavy atom. The van der Waals surface area contributed by atoms with Gasteiger partial charge in [-0.25, -0.2) is 4.39 Å². The topological polar surface area (TPSA) is 50.7 Å². The molecule has 1 fully saturated rings. The Labute approximate surface area is 166 Å². The van der Waals surface area contributed by atoms with Gasteiger partial charge >= 0.3 is 0 Å². The van der Waals surface area contributed by atoms with E-state index in [9.17, 15) is 9.50 Å². The Morgan fingerprint density at radius 2 is 2.04 bits per heavy atom. The standard InChI is InChI=1S/C23H30FNO3/c1-27-15-5-4-13-23(26,18-8-7-14-25-17-18)21-11-2-3-12-22(21)28-20-10-6-9-19(24)16-20/h2-3,6,9-12,16,18,25-26H,4-5,7-8,13-15,17H2,1H3/t18-,23+/m1/s1. The van der Waals surface area contributed by atoms with Crippen molar-refractivity contribution in [3.8, 4) is 11.5 Å². The molecule has 0 bridgehead atoms. The molecule has 1 aliphatic heterocycles. The maximum Gasteiger partial charge on any atom is 0.133 e. The van der Waals surface area contributed by atoms with Gasteiger partial charge in [0.15, 0.2) is 0 Å². The van der Waals surface area contributed by atoms with Crippen LogP contribution in [-0.4, -0.2) is 31.9 Å². The van der Waals surface area contributed by atoms with E-state index in [2.05, 4.69) is 5.32 Å². The second kappa shape index (κ2) is 10.0. The minimum absolute atomic E-state index is 0.0982. The number of rotatable bonds is 9. The van der Waals surface area contributed by atoms with Crippen LogP contribution in [0.3, 0.4) is 0 Å². The van der Waals surface area contributed by atoms with Crippen LogP contribution in [-0.2, 0) is 10.3 Å². The van der Waals surface area contributed by atoms with E-state index in [0.29, 0.717) is 24.5 Å². The summed E-state index contributed by atoms with van der Waals surface area (Å²) in [6.07, 6.45) is 4.38. The average Bonchev–Trinajstić information content (AvgIpc) is 2.72. The normalized spacial score (nSPS) is 19.2. The van der Waals surface area contributed by atoms with Crippen LogP contribution < -0.4 is 10.1 Å². The Kier molecular flexibility index (Phi) is 7.43. The predicted molar refractivity (Wildman–Crippen MR) is 108 cm³/mol. The number of aliphatic hydroxyl groups is 1. The molecule has 5 heteroatoms. The van der Waals surface area contributed by atoms with E-state index in [1.165, 1.54) is 12.1 Å². The fourth-order valence-corrected chi connectivity index (χ4v) is 4.03. The molecule has 2 N–H and O–H groups in total. The van der Waals surface area contributed by atoms with E-state index in [1.54, 1.807) is 19.2 Å². The SMILES string of the molecule is COCCCC[C@@](O)(c1ccccc1Oc1cccc(F)c1)[C@@H]1CCCNC1. The minimum atomic E-state index is -1.01. The van der Waals surface area contributed by atoms with E-state index >= 15 is 0 Å². The number of unbranched alkanes of at least 4 members (excludes halogenated alkanes) is 1. The lowest BCUT2D eigenvalue weighted by atomic mass is 9.74. The molecule has 4 nitrogen and oxygen atoms in total. The molecular weight excluding hydrogens is 357 g/mol. The van der Waals surface area contributed by atoms with Gasteiger partial charge in [0.05, 0.1) is 5.60 Å². The Hall–Kier alpha value is -1.95. The number of hydrogen-bond donors (Lipinski definition) is 2. The van der Waals surface area contributed by atoms with Gasteiger partial charge in [-0.1, -0.05) is 24.3 Å². The minimum Gasteiger partial charge on any atom is -0.457 e. The number of hydrogen-bond acceptors (Lipinski definition) is 4. The first-order chi connectivity index (χ1) is 13.6. The molecule has 2 atom stereocenters. The van der Waals surface area contributed by atoms with Crippen molar-refractivity contribution in [3.05, 3.63) is 59.9 Å². The summed E-state index contributed by atoms with van der Waals surface area (Å²) >= 11 is 0. The van der Waals surface area contributed by atoms with Gasteiger partial charge in [0, 0.05) is 37.8 Å². The van der Waals surface area contributed by atoms with Crippen LogP contribution in [0.1, 0.15) is 37.7 Å². The second-order valence-corrected chi connectivity index (χ2v) is 7.47. The van der Waals surface area contributed by atoms with Crippen LogP contribution in [0.4, 0.5) is 4.39 Å². The van der Waals surface area contributed by atoms with Gasteiger partial charge in [-0.05, 0) is 56.8 Å². The molecule has 1 aliphatic rings. The molecule has 0 spiro atoms.